The average molecular weight is 255 g/mol. The van der Waals surface area contributed by atoms with Crippen LogP contribution in [0.15, 0.2) is 42.9 Å². The Bertz CT molecular complexity index is 696. The number of benzene rings is 1. The molecule has 0 aliphatic carbocycles. The third-order valence-electron chi connectivity index (χ3n) is 3.44. The largest absolute Gasteiger partial charge is 0.392 e. The Labute approximate surface area is 111 Å². The molecule has 3 rings (SSSR count). The number of aryl methyl sites for hydroxylation is 3. The minimum absolute atomic E-state index is 0.0776. The molecular formula is C15H17N3O. The van der Waals surface area contributed by atoms with Crippen LogP contribution in [-0.2, 0) is 26.6 Å². The van der Waals surface area contributed by atoms with Gasteiger partial charge in [0.1, 0.15) is 0 Å². The fourth-order valence-corrected chi connectivity index (χ4v) is 2.51. The fraction of sp³-hybridized carbons (Fsp3) is 0.267. The van der Waals surface area contributed by atoms with Crippen LogP contribution in [0.25, 0.3) is 10.9 Å². The molecule has 3 aromatic rings. The van der Waals surface area contributed by atoms with Gasteiger partial charge in [0.25, 0.3) is 0 Å². The first-order chi connectivity index (χ1) is 9.28. The predicted molar refractivity (Wildman–Crippen MR) is 74.8 cm³/mol. The Morgan fingerprint density at radius 1 is 1.26 bits per heavy atom. The Hall–Kier alpha value is -2.07. The number of hydrogen-bond donors (Lipinski definition) is 1. The van der Waals surface area contributed by atoms with Gasteiger partial charge in [-0.05, 0) is 23.4 Å². The second-order valence-electron chi connectivity index (χ2n) is 4.79. The highest BCUT2D eigenvalue weighted by molar-refractivity contribution is 5.83. The van der Waals surface area contributed by atoms with Crippen molar-refractivity contribution in [3.05, 3.63) is 54.0 Å². The molecule has 2 heterocycles. The van der Waals surface area contributed by atoms with Crippen LogP contribution in [0.1, 0.15) is 11.1 Å². The van der Waals surface area contributed by atoms with Crippen LogP contribution in [0.3, 0.4) is 0 Å². The molecule has 0 aliphatic heterocycles. The van der Waals surface area contributed by atoms with Gasteiger partial charge in [0.2, 0.25) is 0 Å². The molecule has 4 heteroatoms. The number of aliphatic hydroxyl groups excluding tert-OH is 1. The van der Waals surface area contributed by atoms with Crippen LogP contribution in [0, 0.1) is 0 Å². The summed E-state index contributed by atoms with van der Waals surface area (Å²) in [5, 5.41) is 14.8. The summed E-state index contributed by atoms with van der Waals surface area (Å²) in [5.41, 5.74) is 3.34. The predicted octanol–water partition coefficient (Wildman–Crippen LogP) is 2.11. The molecule has 0 aliphatic rings. The lowest BCUT2D eigenvalue weighted by molar-refractivity contribution is 0.283. The summed E-state index contributed by atoms with van der Waals surface area (Å²) >= 11 is 0. The van der Waals surface area contributed by atoms with E-state index < -0.39 is 0 Å². The number of aromatic nitrogens is 3. The molecule has 0 saturated heterocycles. The first kappa shape index (κ1) is 12.0. The molecule has 0 unspecified atom stereocenters. The minimum Gasteiger partial charge on any atom is -0.392 e. The minimum atomic E-state index is 0.0776. The van der Waals surface area contributed by atoms with E-state index in [2.05, 4.69) is 28.0 Å². The van der Waals surface area contributed by atoms with Gasteiger partial charge in [0.05, 0.1) is 18.3 Å². The number of para-hydroxylation sites is 1. The zero-order valence-electron chi connectivity index (χ0n) is 11.0. The molecule has 0 radical (unpaired) electrons. The summed E-state index contributed by atoms with van der Waals surface area (Å²) < 4.78 is 4.02. The van der Waals surface area contributed by atoms with E-state index in [1.54, 1.807) is 0 Å². The Morgan fingerprint density at radius 2 is 2.16 bits per heavy atom. The van der Waals surface area contributed by atoms with E-state index in [0.717, 1.165) is 24.0 Å². The first-order valence-electron chi connectivity index (χ1n) is 6.43. The summed E-state index contributed by atoms with van der Waals surface area (Å²) in [6.07, 6.45) is 6.97. The zero-order valence-corrected chi connectivity index (χ0v) is 11.0. The van der Waals surface area contributed by atoms with E-state index in [-0.39, 0.29) is 6.61 Å². The van der Waals surface area contributed by atoms with Crippen molar-refractivity contribution < 1.29 is 5.11 Å². The van der Waals surface area contributed by atoms with E-state index in [1.165, 1.54) is 10.9 Å². The van der Waals surface area contributed by atoms with Gasteiger partial charge >= 0.3 is 0 Å². The van der Waals surface area contributed by atoms with Crippen LogP contribution in [0.5, 0.6) is 0 Å². The Balaban J connectivity index is 1.88. The lowest BCUT2D eigenvalue weighted by Crippen LogP contribution is -2.01. The van der Waals surface area contributed by atoms with Crippen LogP contribution in [0.2, 0.25) is 0 Å². The summed E-state index contributed by atoms with van der Waals surface area (Å²) in [6, 6.07) is 8.13. The van der Waals surface area contributed by atoms with Crippen molar-refractivity contribution in [2.75, 3.05) is 0 Å². The van der Waals surface area contributed by atoms with E-state index >= 15 is 0 Å². The lowest BCUT2D eigenvalue weighted by Gasteiger charge is -2.07. The first-order valence-corrected chi connectivity index (χ1v) is 6.43. The SMILES string of the molecule is Cn1cc(CCn2ccc3cccc(CO)c32)cn1. The summed E-state index contributed by atoms with van der Waals surface area (Å²) in [6.45, 7) is 0.973. The van der Waals surface area contributed by atoms with Crippen molar-refractivity contribution in [3.63, 3.8) is 0 Å². The third kappa shape index (κ3) is 2.27. The maximum absolute atomic E-state index is 9.44. The van der Waals surface area contributed by atoms with Crippen molar-refractivity contribution in [2.45, 2.75) is 19.6 Å². The number of hydrogen-bond acceptors (Lipinski definition) is 2. The molecule has 1 N–H and O–H groups in total. The second-order valence-corrected chi connectivity index (χ2v) is 4.79. The molecule has 2 aromatic heterocycles. The van der Waals surface area contributed by atoms with Gasteiger partial charge in [-0.1, -0.05) is 18.2 Å². The van der Waals surface area contributed by atoms with Gasteiger partial charge in [-0.2, -0.15) is 5.10 Å². The summed E-state index contributed by atoms with van der Waals surface area (Å²) in [4.78, 5) is 0. The summed E-state index contributed by atoms with van der Waals surface area (Å²) in [7, 11) is 1.93. The number of aliphatic hydroxyl groups is 1. The molecular weight excluding hydrogens is 238 g/mol. The Morgan fingerprint density at radius 3 is 2.89 bits per heavy atom. The monoisotopic (exact) mass is 255 g/mol. The van der Waals surface area contributed by atoms with Crippen molar-refractivity contribution in [3.8, 4) is 0 Å². The summed E-state index contributed by atoms with van der Waals surface area (Å²) in [5.74, 6) is 0. The van der Waals surface area contributed by atoms with Gasteiger partial charge < -0.3 is 9.67 Å². The van der Waals surface area contributed by atoms with Crippen molar-refractivity contribution in [2.24, 2.45) is 7.05 Å². The Kier molecular flexibility index (Phi) is 3.09. The highest BCUT2D eigenvalue weighted by Gasteiger charge is 2.06. The molecule has 0 spiro atoms. The van der Waals surface area contributed by atoms with E-state index in [0.29, 0.717) is 0 Å². The molecule has 0 amide bonds. The maximum Gasteiger partial charge on any atom is 0.0702 e. The molecule has 98 valence electrons. The standard InChI is InChI=1S/C15H17N3O/c1-17-10-12(9-16-17)5-7-18-8-6-13-3-2-4-14(11-19)15(13)18/h2-4,6,8-10,19H,5,7,11H2,1H3. The lowest BCUT2D eigenvalue weighted by atomic mass is 10.1. The van der Waals surface area contributed by atoms with Gasteiger partial charge in [-0.15, -0.1) is 0 Å². The molecule has 0 saturated carbocycles. The van der Waals surface area contributed by atoms with Gasteiger partial charge in [-0.3, -0.25) is 4.68 Å². The zero-order chi connectivity index (χ0) is 13.2. The van der Waals surface area contributed by atoms with Crippen molar-refractivity contribution >= 4 is 10.9 Å². The molecule has 0 bridgehead atoms. The van der Waals surface area contributed by atoms with Crippen LogP contribution < -0.4 is 0 Å². The normalized spacial score (nSPS) is 11.3. The highest BCUT2D eigenvalue weighted by Crippen LogP contribution is 2.20. The van der Waals surface area contributed by atoms with Crippen LogP contribution in [0.4, 0.5) is 0 Å². The topological polar surface area (TPSA) is 43.0 Å². The van der Waals surface area contributed by atoms with E-state index in [4.69, 9.17) is 0 Å². The molecule has 19 heavy (non-hydrogen) atoms. The number of rotatable bonds is 4. The fourth-order valence-electron chi connectivity index (χ4n) is 2.51. The van der Waals surface area contributed by atoms with Crippen molar-refractivity contribution in [1.29, 1.82) is 0 Å². The molecule has 4 nitrogen and oxygen atoms in total. The molecule has 0 atom stereocenters. The maximum atomic E-state index is 9.44. The van der Waals surface area contributed by atoms with Gasteiger partial charge in [0, 0.05) is 31.5 Å². The number of fused-ring (bicyclic) bond motifs is 1. The van der Waals surface area contributed by atoms with Crippen molar-refractivity contribution in [1.82, 2.24) is 14.3 Å². The molecule has 0 fully saturated rings. The average Bonchev–Trinajstić information content (AvgIpc) is 3.02. The van der Waals surface area contributed by atoms with Gasteiger partial charge in [0.15, 0.2) is 0 Å². The molecule has 1 aromatic carbocycles. The van der Waals surface area contributed by atoms with Crippen LogP contribution >= 0.6 is 0 Å². The van der Waals surface area contributed by atoms with Gasteiger partial charge in [-0.25, -0.2) is 0 Å². The quantitative estimate of drug-likeness (QED) is 0.776. The second kappa shape index (κ2) is 4.90. The van der Waals surface area contributed by atoms with E-state index in [9.17, 15) is 5.11 Å². The number of nitrogens with zero attached hydrogens (tertiary/aromatic N) is 3. The van der Waals surface area contributed by atoms with Crippen LogP contribution in [-0.4, -0.2) is 19.5 Å². The van der Waals surface area contributed by atoms with E-state index in [1.807, 2.05) is 36.3 Å². The third-order valence-corrected chi connectivity index (χ3v) is 3.44. The highest BCUT2D eigenvalue weighted by atomic mass is 16.3. The smallest absolute Gasteiger partial charge is 0.0702 e.